The van der Waals surface area contributed by atoms with Crippen LogP contribution in [-0.2, 0) is 9.53 Å². The van der Waals surface area contributed by atoms with E-state index in [2.05, 4.69) is 5.32 Å². The molecule has 0 saturated heterocycles. The Morgan fingerprint density at radius 3 is 2.67 bits per heavy atom. The molecule has 0 radical (unpaired) electrons. The zero-order chi connectivity index (χ0) is 13.4. The van der Waals surface area contributed by atoms with E-state index in [4.69, 9.17) is 10.1 Å². The highest BCUT2D eigenvalue weighted by Crippen LogP contribution is 2.18. The molecule has 1 aromatic carbocycles. The van der Waals surface area contributed by atoms with Gasteiger partial charge in [0.1, 0.15) is 5.76 Å². The van der Waals surface area contributed by atoms with Gasteiger partial charge in [0.25, 0.3) is 0 Å². The standard InChI is InChI=1S/C13H16N2O2S/c1-3-11(10-7-5-4-6-8-10)17-13(14)18-9-12(16)15-2/h3-8,14H,9H2,1-2H3,(H,15,16)/b11-3+,14-13?. The Morgan fingerprint density at radius 1 is 1.44 bits per heavy atom. The second-order valence-corrected chi connectivity index (χ2v) is 4.32. The Hall–Kier alpha value is -1.75. The fraction of sp³-hybridized carbons (Fsp3) is 0.231. The van der Waals surface area contributed by atoms with Gasteiger partial charge >= 0.3 is 0 Å². The number of rotatable bonds is 4. The molecule has 1 rings (SSSR count). The number of carbonyl (C=O) groups is 1. The molecule has 0 spiro atoms. The van der Waals surface area contributed by atoms with E-state index in [0.717, 1.165) is 17.3 Å². The van der Waals surface area contributed by atoms with Crippen molar-refractivity contribution in [2.24, 2.45) is 0 Å². The van der Waals surface area contributed by atoms with Crippen LogP contribution < -0.4 is 5.32 Å². The molecule has 4 nitrogen and oxygen atoms in total. The number of allylic oxidation sites excluding steroid dienone is 1. The summed E-state index contributed by atoms with van der Waals surface area (Å²) >= 11 is 1.06. The molecule has 0 aromatic heterocycles. The van der Waals surface area contributed by atoms with Gasteiger partial charge in [-0.2, -0.15) is 0 Å². The molecule has 0 aliphatic rings. The number of hydrogen-bond donors (Lipinski definition) is 2. The number of hydrogen-bond acceptors (Lipinski definition) is 4. The number of amides is 1. The summed E-state index contributed by atoms with van der Waals surface area (Å²) in [4.78, 5) is 11.0. The number of nitrogens with one attached hydrogen (secondary N) is 2. The number of benzene rings is 1. The topological polar surface area (TPSA) is 62.2 Å². The fourth-order valence-corrected chi connectivity index (χ4v) is 1.77. The molecule has 0 fully saturated rings. The summed E-state index contributed by atoms with van der Waals surface area (Å²) in [6.07, 6.45) is 1.80. The molecule has 2 N–H and O–H groups in total. The minimum Gasteiger partial charge on any atom is -0.434 e. The van der Waals surface area contributed by atoms with E-state index < -0.39 is 0 Å². The third-order valence-electron chi connectivity index (χ3n) is 2.14. The maximum atomic E-state index is 11.0. The molecule has 0 aliphatic heterocycles. The first-order chi connectivity index (χ1) is 8.67. The van der Waals surface area contributed by atoms with E-state index >= 15 is 0 Å². The van der Waals surface area contributed by atoms with Gasteiger partial charge in [-0.1, -0.05) is 42.1 Å². The normalized spacial score (nSPS) is 10.9. The van der Waals surface area contributed by atoms with Crippen LogP contribution in [0.1, 0.15) is 12.5 Å². The maximum Gasteiger partial charge on any atom is 0.248 e. The molecule has 0 heterocycles. The summed E-state index contributed by atoms with van der Waals surface area (Å²) in [5, 5.41) is 10.2. The maximum absolute atomic E-state index is 11.0. The van der Waals surface area contributed by atoms with Gasteiger partial charge in [-0.25, -0.2) is 0 Å². The fourth-order valence-electron chi connectivity index (χ4n) is 1.22. The molecule has 1 amide bonds. The second kappa shape index (κ2) is 7.55. The van der Waals surface area contributed by atoms with Gasteiger partial charge in [-0.15, -0.1) is 0 Å². The lowest BCUT2D eigenvalue weighted by atomic mass is 10.2. The van der Waals surface area contributed by atoms with Crippen molar-refractivity contribution in [1.29, 1.82) is 5.41 Å². The largest absolute Gasteiger partial charge is 0.434 e. The lowest BCUT2D eigenvalue weighted by Gasteiger charge is -2.09. The molecule has 0 bridgehead atoms. The molecule has 0 atom stereocenters. The molecule has 0 aliphatic carbocycles. The molecule has 0 unspecified atom stereocenters. The van der Waals surface area contributed by atoms with Crippen LogP contribution in [0, 0.1) is 5.41 Å². The van der Waals surface area contributed by atoms with Crippen molar-refractivity contribution in [3.05, 3.63) is 42.0 Å². The summed E-state index contributed by atoms with van der Waals surface area (Å²) < 4.78 is 5.41. The minimum absolute atomic E-state index is 0.00977. The average molecular weight is 264 g/mol. The van der Waals surface area contributed by atoms with E-state index in [1.54, 1.807) is 13.1 Å². The molecule has 5 heteroatoms. The van der Waals surface area contributed by atoms with Crippen molar-refractivity contribution in [3.8, 4) is 0 Å². The minimum atomic E-state index is -0.130. The number of ether oxygens (including phenoxy) is 1. The number of thioether (sulfide) groups is 1. The zero-order valence-electron chi connectivity index (χ0n) is 10.4. The van der Waals surface area contributed by atoms with Crippen molar-refractivity contribution in [1.82, 2.24) is 5.32 Å². The van der Waals surface area contributed by atoms with Crippen molar-refractivity contribution in [3.63, 3.8) is 0 Å². The predicted octanol–water partition coefficient (Wildman–Crippen LogP) is 2.48. The molecular weight excluding hydrogens is 248 g/mol. The Bertz CT molecular complexity index is 444. The van der Waals surface area contributed by atoms with Gasteiger partial charge in [-0.3, -0.25) is 10.2 Å². The van der Waals surface area contributed by atoms with Crippen LogP contribution in [0.15, 0.2) is 36.4 Å². The first-order valence-electron chi connectivity index (χ1n) is 5.49. The average Bonchev–Trinajstić information content (AvgIpc) is 2.43. The predicted molar refractivity (Wildman–Crippen MR) is 75.4 cm³/mol. The lowest BCUT2D eigenvalue weighted by Crippen LogP contribution is -2.20. The van der Waals surface area contributed by atoms with Crippen LogP contribution in [0.5, 0.6) is 0 Å². The highest BCUT2D eigenvalue weighted by atomic mass is 32.2. The molecule has 96 valence electrons. The van der Waals surface area contributed by atoms with E-state index in [1.807, 2.05) is 37.3 Å². The molecule has 0 saturated carbocycles. The van der Waals surface area contributed by atoms with Crippen LogP contribution in [0.2, 0.25) is 0 Å². The molecular formula is C13H16N2O2S. The third-order valence-corrected chi connectivity index (χ3v) is 2.89. The summed E-state index contributed by atoms with van der Waals surface area (Å²) in [7, 11) is 1.56. The van der Waals surface area contributed by atoms with E-state index in [1.165, 1.54) is 0 Å². The SMILES string of the molecule is C/C=C(/OC(=N)SCC(=O)NC)c1ccccc1. The summed E-state index contributed by atoms with van der Waals surface area (Å²) in [5.74, 6) is 0.668. The van der Waals surface area contributed by atoms with Crippen molar-refractivity contribution in [2.45, 2.75) is 6.92 Å². The van der Waals surface area contributed by atoms with Gasteiger partial charge in [-0.05, 0) is 13.0 Å². The summed E-state index contributed by atoms with van der Waals surface area (Å²) in [5.41, 5.74) is 0.908. The lowest BCUT2D eigenvalue weighted by molar-refractivity contribution is -0.118. The monoisotopic (exact) mass is 264 g/mol. The smallest absolute Gasteiger partial charge is 0.248 e. The van der Waals surface area contributed by atoms with Gasteiger partial charge in [0.05, 0.1) is 5.75 Å². The van der Waals surface area contributed by atoms with Crippen LogP contribution in [0.25, 0.3) is 5.76 Å². The van der Waals surface area contributed by atoms with Gasteiger partial charge in [0, 0.05) is 12.6 Å². The van der Waals surface area contributed by atoms with Crippen molar-refractivity contribution >= 4 is 28.7 Å². The highest BCUT2D eigenvalue weighted by molar-refractivity contribution is 8.13. The summed E-state index contributed by atoms with van der Waals surface area (Å²) in [6.45, 7) is 1.85. The van der Waals surface area contributed by atoms with E-state index in [-0.39, 0.29) is 16.9 Å². The Labute approximate surface area is 111 Å². The van der Waals surface area contributed by atoms with Gasteiger partial charge < -0.3 is 10.1 Å². The third kappa shape index (κ3) is 4.63. The first-order valence-corrected chi connectivity index (χ1v) is 6.47. The Morgan fingerprint density at radius 2 is 2.11 bits per heavy atom. The second-order valence-electron chi connectivity index (χ2n) is 3.37. The Balaban J connectivity index is 2.55. The van der Waals surface area contributed by atoms with Crippen LogP contribution in [0.4, 0.5) is 0 Å². The highest BCUT2D eigenvalue weighted by Gasteiger charge is 2.08. The Kier molecular flexibility index (Phi) is 6.00. The quantitative estimate of drug-likeness (QED) is 0.499. The van der Waals surface area contributed by atoms with Crippen LogP contribution >= 0.6 is 11.8 Å². The van der Waals surface area contributed by atoms with Gasteiger partial charge in [0.15, 0.2) is 0 Å². The summed E-state index contributed by atoms with van der Waals surface area (Å²) in [6, 6.07) is 9.55. The molecule has 18 heavy (non-hydrogen) atoms. The molecule has 1 aromatic rings. The van der Waals surface area contributed by atoms with Crippen molar-refractivity contribution < 1.29 is 9.53 Å². The van der Waals surface area contributed by atoms with E-state index in [0.29, 0.717) is 5.76 Å². The van der Waals surface area contributed by atoms with Gasteiger partial charge in [0.2, 0.25) is 11.1 Å². The van der Waals surface area contributed by atoms with Crippen molar-refractivity contribution in [2.75, 3.05) is 12.8 Å². The first kappa shape index (κ1) is 14.3. The van der Waals surface area contributed by atoms with Crippen LogP contribution in [-0.4, -0.2) is 23.9 Å². The number of carbonyl (C=O) groups excluding carboxylic acids is 1. The van der Waals surface area contributed by atoms with E-state index in [9.17, 15) is 4.79 Å². The van der Waals surface area contributed by atoms with Crippen LogP contribution in [0.3, 0.4) is 0 Å². The zero-order valence-corrected chi connectivity index (χ0v) is 11.2.